The number of rotatable bonds is 7. The van der Waals surface area contributed by atoms with Crippen molar-refractivity contribution in [2.75, 3.05) is 31.1 Å². The summed E-state index contributed by atoms with van der Waals surface area (Å²) >= 11 is 1.58. The number of thiazole rings is 1. The van der Waals surface area contributed by atoms with Gasteiger partial charge in [-0.3, -0.25) is 9.69 Å². The molecule has 1 aromatic heterocycles. The van der Waals surface area contributed by atoms with Crippen LogP contribution in [-0.4, -0.2) is 42.0 Å². The van der Waals surface area contributed by atoms with Gasteiger partial charge in [-0.05, 0) is 43.8 Å². The van der Waals surface area contributed by atoms with Crippen LogP contribution >= 0.6 is 11.3 Å². The summed E-state index contributed by atoms with van der Waals surface area (Å²) in [4.78, 5) is 22.1. The van der Waals surface area contributed by atoms with Crippen LogP contribution in [0, 0.1) is 6.92 Å². The third-order valence-electron chi connectivity index (χ3n) is 4.64. The lowest BCUT2D eigenvalue weighted by Gasteiger charge is -2.24. The number of aryl methyl sites for hydroxylation is 1. The molecule has 0 bridgehead atoms. The van der Waals surface area contributed by atoms with Crippen LogP contribution in [0.3, 0.4) is 0 Å². The molecule has 0 saturated carbocycles. The molecular formula is C21H25N3OS. The van der Waals surface area contributed by atoms with Gasteiger partial charge in [0, 0.05) is 18.7 Å². The number of hydrogen-bond acceptors (Lipinski definition) is 4. The van der Waals surface area contributed by atoms with E-state index in [9.17, 15) is 4.79 Å². The first-order valence-electron chi connectivity index (χ1n) is 9.09. The highest BCUT2D eigenvalue weighted by Gasteiger charge is 2.22. The van der Waals surface area contributed by atoms with Crippen LogP contribution in [0.2, 0.25) is 0 Å². The summed E-state index contributed by atoms with van der Waals surface area (Å²) < 4.78 is 1.12. The molecule has 1 heterocycles. The Labute approximate surface area is 159 Å². The summed E-state index contributed by atoms with van der Waals surface area (Å²) in [6.07, 6.45) is 0. The number of fused-ring (bicyclic) bond motifs is 1. The minimum absolute atomic E-state index is 0.00876. The molecule has 2 aromatic carbocycles. The fraction of sp³-hybridized carbons (Fsp3) is 0.333. The predicted octanol–water partition coefficient (Wildman–Crippen LogP) is 4.59. The van der Waals surface area contributed by atoms with Gasteiger partial charge in [0.2, 0.25) is 0 Å². The van der Waals surface area contributed by atoms with E-state index < -0.39 is 0 Å². The van der Waals surface area contributed by atoms with Crippen LogP contribution in [0.5, 0.6) is 0 Å². The van der Waals surface area contributed by atoms with Crippen LogP contribution in [0.25, 0.3) is 10.2 Å². The van der Waals surface area contributed by atoms with Crippen molar-refractivity contribution in [3.8, 4) is 0 Å². The molecule has 136 valence electrons. The Kier molecular flexibility index (Phi) is 6.01. The Balaban J connectivity index is 1.95. The topological polar surface area (TPSA) is 36.4 Å². The molecule has 0 aliphatic rings. The highest BCUT2D eigenvalue weighted by Crippen LogP contribution is 2.31. The zero-order valence-electron chi connectivity index (χ0n) is 15.6. The molecule has 0 N–H and O–H groups in total. The van der Waals surface area contributed by atoms with E-state index >= 15 is 0 Å². The molecule has 3 aromatic rings. The van der Waals surface area contributed by atoms with Gasteiger partial charge in [0.15, 0.2) is 5.13 Å². The van der Waals surface area contributed by atoms with E-state index in [1.165, 1.54) is 0 Å². The van der Waals surface area contributed by atoms with Crippen molar-refractivity contribution in [1.82, 2.24) is 9.88 Å². The number of aromatic nitrogens is 1. The number of benzene rings is 2. The lowest BCUT2D eigenvalue weighted by Crippen LogP contribution is -2.38. The van der Waals surface area contributed by atoms with Crippen molar-refractivity contribution >= 4 is 32.6 Å². The molecule has 5 heteroatoms. The van der Waals surface area contributed by atoms with Gasteiger partial charge in [0.05, 0.1) is 10.2 Å². The largest absolute Gasteiger partial charge is 0.302 e. The second-order valence-electron chi connectivity index (χ2n) is 6.27. The number of hydrogen-bond donors (Lipinski definition) is 0. The Morgan fingerprint density at radius 1 is 1.00 bits per heavy atom. The Morgan fingerprint density at radius 2 is 1.73 bits per heavy atom. The fourth-order valence-electron chi connectivity index (χ4n) is 2.99. The van der Waals surface area contributed by atoms with Gasteiger partial charge in [-0.2, -0.15) is 0 Å². The first-order valence-corrected chi connectivity index (χ1v) is 9.91. The number of carbonyl (C=O) groups is 1. The van der Waals surface area contributed by atoms with Gasteiger partial charge in [-0.25, -0.2) is 4.98 Å². The lowest BCUT2D eigenvalue weighted by molar-refractivity contribution is 0.0984. The van der Waals surface area contributed by atoms with E-state index in [4.69, 9.17) is 4.98 Å². The molecule has 0 aliphatic heterocycles. The fourth-order valence-corrected chi connectivity index (χ4v) is 4.06. The second kappa shape index (κ2) is 8.43. The normalized spacial score (nSPS) is 11.2. The maximum Gasteiger partial charge on any atom is 0.260 e. The van der Waals surface area contributed by atoms with E-state index in [0.29, 0.717) is 12.1 Å². The van der Waals surface area contributed by atoms with Gasteiger partial charge in [0.1, 0.15) is 0 Å². The predicted molar refractivity (Wildman–Crippen MR) is 110 cm³/mol. The molecule has 0 spiro atoms. The van der Waals surface area contributed by atoms with Crippen molar-refractivity contribution in [1.29, 1.82) is 0 Å². The first-order chi connectivity index (χ1) is 12.6. The van der Waals surface area contributed by atoms with Crippen LogP contribution in [-0.2, 0) is 0 Å². The zero-order valence-corrected chi connectivity index (χ0v) is 16.4. The van der Waals surface area contributed by atoms with E-state index in [1.54, 1.807) is 11.3 Å². The molecule has 4 nitrogen and oxygen atoms in total. The average Bonchev–Trinajstić information content (AvgIpc) is 3.11. The van der Waals surface area contributed by atoms with Crippen molar-refractivity contribution in [2.24, 2.45) is 0 Å². The number of likely N-dealkylation sites (N-methyl/N-ethyl adjacent to an activating group) is 1. The Bertz CT molecular complexity index is 871. The van der Waals surface area contributed by atoms with Crippen LogP contribution in [0.4, 0.5) is 5.13 Å². The first kappa shape index (κ1) is 18.5. The molecular weight excluding hydrogens is 342 g/mol. The van der Waals surface area contributed by atoms with Gasteiger partial charge < -0.3 is 4.90 Å². The third-order valence-corrected chi connectivity index (χ3v) is 5.68. The number of anilines is 1. The maximum atomic E-state index is 13.2. The van der Waals surface area contributed by atoms with Crippen molar-refractivity contribution in [3.63, 3.8) is 0 Å². The highest BCUT2D eigenvalue weighted by molar-refractivity contribution is 7.22. The number of nitrogens with zero attached hydrogens (tertiary/aromatic N) is 3. The maximum absolute atomic E-state index is 13.2. The minimum Gasteiger partial charge on any atom is -0.302 e. The third kappa shape index (κ3) is 3.94. The van der Waals surface area contributed by atoms with E-state index in [2.05, 4.69) is 37.8 Å². The monoisotopic (exact) mass is 367 g/mol. The molecule has 0 unspecified atom stereocenters. The van der Waals surface area contributed by atoms with Gasteiger partial charge in [-0.15, -0.1) is 0 Å². The number of amides is 1. The van der Waals surface area contributed by atoms with Crippen LogP contribution < -0.4 is 4.90 Å². The Morgan fingerprint density at radius 3 is 2.38 bits per heavy atom. The van der Waals surface area contributed by atoms with E-state index in [-0.39, 0.29) is 5.91 Å². The minimum atomic E-state index is 0.00876. The Hall–Kier alpha value is -2.24. The summed E-state index contributed by atoms with van der Waals surface area (Å²) in [5, 5.41) is 0.773. The van der Waals surface area contributed by atoms with E-state index in [1.807, 2.05) is 41.3 Å². The van der Waals surface area contributed by atoms with Crippen LogP contribution in [0.15, 0.2) is 48.5 Å². The molecule has 0 atom stereocenters. The zero-order chi connectivity index (χ0) is 18.5. The summed E-state index contributed by atoms with van der Waals surface area (Å²) in [6.45, 7) is 9.77. The lowest BCUT2D eigenvalue weighted by atomic mass is 10.2. The summed E-state index contributed by atoms with van der Waals surface area (Å²) in [5.41, 5.74) is 2.82. The smallest absolute Gasteiger partial charge is 0.260 e. The summed E-state index contributed by atoms with van der Waals surface area (Å²) in [6, 6.07) is 15.6. The van der Waals surface area contributed by atoms with Crippen molar-refractivity contribution < 1.29 is 4.79 Å². The standard InChI is InChI=1S/C21H25N3OS/c1-4-23(5-2)14-15-24(20(25)17-11-7-6-8-12-17)21-22-19-16(3)10-9-13-18(19)26-21/h6-13H,4-5,14-15H2,1-3H3. The van der Waals surface area contributed by atoms with Crippen LogP contribution in [0.1, 0.15) is 29.8 Å². The van der Waals surface area contributed by atoms with Gasteiger partial charge in [-0.1, -0.05) is 55.5 Å². The molecule has 0 radical (unpaired) electrons. The molecule has 3 rings (SSSR count). The average molecular weight is 368 g/mol. The van der Waals surface area contributed by atoms with Gasteiger partial charge >= 0.3 is 0 Å². The quantitative estimate of drug-likeness (QED) is 0.613. The SMILES string of the molecule is CCN(CC)CCN(C(=O)c1ccccc1)c1nc2c(C)cccc2s1. The second-order valence-corrected chi connectivity index (χ2v) is 7.28. The molecule has 0 saturated heterocycles. The molecule has 1 amide bonds. The molecule has 26 heavy (non-hydrogen) atoms. The number of para-hydroxylation sites is 1. The van der Waals surface area contributed by atoms with Crippen molar-refractivity contribution in [2.45, 2.75) is 20.8 Å². The number of carbonyl (C=O) groups excluding carboxylic acids is 1. The molecule has 0 aliphatic carbocycles. The highest BCUT2D eigenvalue weighted by atomic mass is 32.1. The van der Waals surface area contributed by atoms with Crippen molar-refractivity contribution in [3.05, 3.63) is 59.7 Å². The summed E-state index contributed by atoms with van der Waals surface area (Å²) in [7, 11) is 0. The summed E-state index contributed by atoms with van der Waals surface area (Å²) in [5.74, 6) is 0.00876. The van der Waals surface area contributed by atoms with E-state index in [0.717, 1.165) is 40.5 Å². The van der Waals surface area contributed by atoms with Gasteiger partial charge in [0.25, 0.3) is 5.91 Å². The molecule has 0 fully saturated rings.